The normalized spacial score (nSPS) is 11.8. The van der Waals surface area contributed by atoms with Gasteiger partial charge in [-0.3, -0.25) is 0 Å². The van der Waals surface area contributed by atoms with Crippen LogP contribution in [0.5, 0.6) is 0 Å². The van der Waals surface area contributed by atoms with Crippen molar-refractivity contribution in [2.45, 2.75) is 12.4 Å². The van der Waals surface area contributed by atoms with E-state index < -0.39 is 41.2 Å². The molecule has 0 fully saturated rings. The van der Waals surface area contributed by atoms with Crippen molar-refractivity contribution in [2.75, 3.05) is 5.32 Å². The third kappa shape index (κ3) is 4.59. The zero-order valence-corrected chi connectivity index (χ0v) is 12.9. The maximum atomic E-state index is 12.9. The Morgan fingerprint density at radius 3 is 2.08 bits per heavy atom. The van der Waals surface area contributed by atoms with Gasteiger partial charge in [0.2, 0.25) is 0 Å². The number of amides is 2. The summed E-state index contributed by atoms with van der Waals surface area (Å²) in [6.45, 7) is 0. The Bertz CT molecular complexity index is 774. The molecule has 1 aromatic carbocycles. The molecule has 0 aliphatic rings. The number of carbonyl (C=O) groups excluding carboxylic acids is 2. The van der Waals surface area contributed by atoms with Crippen LogP contribution in [0.1, 0.15) is 21.6 Å². The van der Waals surface area contributed by atoms with Crippen molar-refractivity contribution in [1.29, 1.82) is 0 Å². The average molecular weight is 400 g/mol. The molecule has 0 aliphatic heterocycles. The van der Waals surface area contributed by atoms with Gasteiger partial charge in [-0.15, -0.1) is 5.10 Å². The summed E-state index contributed by atoms with van der Waals surface area (Å²) in [6, 6.07) is -0.372. The lowest BCUT2D eigenvalue weighted by Crippen LogP contribution is -2.33. The highest BCUT2D eigenvalue weighted by atomic mass is 32.1. The van der Waals surface area contributed by atoms with E-state index in [9.17, 15) is 35.9 Å². The fourth-order valence-corrected chi connectivity index (χ4v) is 2.12. The maximum Gasteiger partial charge on any atom is 0.418 e. The Morgan fingerprint density at radius 2 is 1.62 bits per heavy atom. The van der Waals surface area contributed by atoms with Crippen molar-refractivity contribution in [2.24, 2.45) is 0 Å². The monoisotopic (exact) mass is 400 g/mol. The molecule has 0 unspecified atom stereocenters. The molecular weight excluding hydrogens is 394 g/mol. The molecule has 1 aromatic heterocycles. The third-order valence-corrected chi connectivity index (χ3v) is 3.22. The standard InChI is InChI=1S/C12H6F6N4O3S/c13-11(14,15)5-2-1-3-6(12(16,17)18)8(5)19-10(24)21-25-9(23)7-4-26-22-20-7/h1-4H,(H2,19,21,24). The summed E-state index contributed by atoms with van der Waals surface area (Å²) in [5, 5.41) is 5.83. The van der Waals surface area contributed by atoms with E-state index >= 15 is 0 Å². The first kappa shape index (κ1) is 19.4. The lowest BCUT2D eigenvalue weighted by Gasteiger charge is -2.19. The summed E-state index contributed by atoms with van der Waals surface area (Å²) in [5.41, 5.74) is -3.92. The Kier molecular flexibility index (Phi) is 5.34. The summed E-state index contributed by atoms with van der Waals surface area (Å²) in [5.74, 6) is -1.21. The molecule has 0 atom stereocenters. The average Bonchev–Trinajstić information content (AvgIpc) is 3.05. The lowest BCUT2D eigenvalue weighted by molar-refractivity contribution is -0.141. The van der Waals surface area contributed by atoms with Crippen LogP contribution in [0.15, 0.2) is 23.6 Å². The number of alkyl halides is 6. The zero-order valence-electron chi connectivity index (χ0n) is 12.1. The van der Waals surface area contributed by atoms with Gasteiger partial charge in [-0.2, -0.15) is 31.8 Å². The number of aromatic nitrogens is 2. The molecule has 0 aliphatic carbocycles. The lowest BCUT2D eigenvalue weighted by atomic mass is 10.1. The number of anilines is 1. The second-order valence-electron chi connectivity index (χ2n) is 4.46. The predicted octanol–water partition coefficient (Wildman–Crippen LogP) is 3.47. The molecule has 0 saturated carbocycles. The fourth-order valence-electron chi connectivity index (χ4n) is 1.70. The van der Waals surface area contributed by atoms with E-state index in [1.54, 1.807) is 0 Å². The summed E-state index contributed by atoms with van der Waals surface area (Å²) in [7, 11) is 0. The minimum absolute atomic E-state index is 0.318. The second-order valence-corrected chi connectivity index (χ2v) is 5.07. The van der Waals surface area contributed by atoms with Gasteiger partial charge < -0.3 is 10.2 Å². The number of urea groups is 1. The molecule has 0 bridgehead atoms. The minimum Gasteiger partial charge on any atom is -0.332 e. The smallest absolute Gasteiger partial charge is 0.332 e. The Balaban J connectivity index is 2.21. The van der Waals surface area contributed by atoms with Crippen molar-refractivity contribution in [3.05, 3.63) is 40.4 Å². The molecule has 0 radical (unpaired) electrons. The Morgan fingerprint density at radius 1 is 1.04 bits per heavy atom. The predicted molar refractivity (Wildman–Crippen MR) is 73.9 cm³/mol. The molecule has 26 heavy (non-hydrogen) atoms. The third-order valence-electron chi connectivity index (χ3n) is 2.72. The van der Waals surface area contributed by atoms with Gasteiger partial charge in [0, 0.05) is 5.38 Å². The molecular formula is C12H6F6N4O3S. The first-order valence-corrected chi connectivity index (χ1v) is 7.16. The molecule has 14 heteroatoms. The van der Waals surface area contributed by atoms with Gasteiger partial charge in [-0.1, -0.05) is 10.6 Å². The number of hydrogen-bond acceptors (Lipinski definition) is 6. The van der Waals surface area contributed by atoms with E-state index in [0.29, 0.717) is 18.2 Å². The molecule has 2 rings (SSSR count). The van der Waals surface area contributed by atoms with Gasteiger partial charge in [0.25, 0.3) is 0 Å². The van der Waals surface area contributed by atoms with Crippen molar-refractivity contribution < 1.29 is 40.8 Å². The highest BCUT2D eigenvalue weighted by Crippen LogP contribution is 2.42. The number of hydrogen-bond donors (Lipinski definition) is 2. The van der Waals surface area contributed by atoms with E-state index in [1.807, 2.05) is 0 Å². The van der Waals surface area contributed by atoms with E-state index in [4.69, 9.17) is 0 Å². The fraction of sp³-hybridized carbons (Fsp3) is 0.167. The van der Waals surface area contributed by atoms with E-state index in [-0.39, 0.29) is 5.69 Å². The van der Waals surface area contributed by atoms with E-state index in [0.717, 1.165) is 16.9 Å². The van der Waals surface area contributed by atoms with Crippen LogP contribution in [-0.4, -0.2) is 21.6 Å². The van der Waals surface area contributed by atoms with Gasteiger partial charge in [0.1, 0.15) is 0 Å². The number of carbonyl (C=O) groups is 2. The summed E-state index contributed by atoms with van der Waals surface area (Å²) in [6.07, 6.45) is -10.3. The van der Waals surface area contributed by atoms with Crippen molar-refractivity contribution in [3.63, 3.8) is 0 Å². The number of nitrogens with one attached hydrogen (secondary N) is 2. The van der Waals surface area contributed by atoms with Crippen LogP contribution in [0, 0.1) is 0 Å². The number of nitrogens with zero attached hydrogens (tertiary/aromatic N) is 2. The van der Waals surface area contributed by atoms with E-state index in [1.165, 1.54) is 10.8 Å². The molecule has 7 nitrogen and oxygen atoms in total. The van der Waals surface area contributed by atoms with Gasteiger partial charge in [0.05, 0.1) is 16.8 Å². The molecule has 2 amide bonds. The van der Waals surface area contributed by atoms with Crippen LogP contribution in [0.25, 0.3) is 0 Å². The van der Waals surface area contributed by atoms with Gasteiger partial charge in [-0.05, 0) is 23.7 Å². The molecule has 2 aromatic rings. The topological polar surface area (TPSA) is 93.2 Å². The Labute approximate surface area is 144 Å². The number of benzene rings is 1. The first-order chi connectivity index (χ1) is 12.0. The Hall–Kier alpha value is -2.90. The number of halogens is 6. The number of hydroxylamine groups is 1. The molecule has 0 spiro atoms. The van der Waals surface area contributed by atoms with Crippen molar-refractivity contribution >= 4 is 29.2 Å². The maximum absolute atomic E-state index is 12.9. The van der Waals surface area contributed by atoms with E-state index in [2.05, 4.69) is 14.4 Å². The highest BCUT2D eigenvalue weighted by Gasteiger charge is 2.41. The summed E-state index contributed by atoms with van der Waals surface area (Å²) in [4.78, 5) is 27.2. The number of rotatable bonds is 2. The summed E-state index contributed by atoms with van der Waals surface area (Å²) >= 11 is 0.774. The second kappa shape index (κ2) is 7.15. The van der Waals surface area contributed by atoms with Gasteiger partial charge >= 0.3 is 24.4 Å². The van der Waals surface area contributed by atoms with Crippen LogP contribution in [0.4, 0.5) is 36.8 Å². The van der Waals surface area contributed by atoms with Crippen LogP contribution in [0.2, 0.25) is 0 Å². The minimum atomic E-state index is -5.17. The quantitative estimate of drug-likeness (QED) is 0.595. The van der Waals surface area contributed by atoms with Crippen molar-refractivity contribution in [1.82, 2.24) is 15.1 Å². The number of para-hydroxylation sites is 1. The molecule has 0 saturated heterocycles. The summed E-state index contributed by atoms with van der Waals surface area (Å²) < 4.78 is 80.9. The largest absolute Gasteiger partial charge is 0.418 e. The van der Waals surface area contributed by atoms with Crippen LogP contribution < -0.4 is 10.8 Å². The molecule has 2 N–H and O–H groups in total. The SMILES string of the molecule is O=C(NOC(=O)c1csnn1)Nc1c(C(F)(F)F)cccc1C(F)(F)F. The zero-order chi connectivity index (χ0) is 19.5. The van der Waals surface area contributed by atoms with Crippen LogP contribution in [0.3, 0.4) is 0 Å². The van der Waals surface area contributed by atoms with Crippen LogP contribution in [-0.2, 0) is 17.2 Å². The van der Waals surface area contributed by atoms with Crippen molar-refractivity contribution in [3.8, 4) is 0 Å². The van der Waals surface area contributed by atoms with Gasteiger partial charge in [0.15, 0.2) is 5.69 Å². The highest BCUT2D eigenvalue weighted by molar-refractivity contribution is 7.03. The van der Waals surface area contributed by atoms with Crippen LogP contribution >= 0.6 is 11.5 Å². The van der Waals surface area contributed by atoms with Gasteiger partial charge in [-0.25, -0.2) is 9.59 Å². The molecule has 1 heterocycles. The molecule has 140 valence electrons. The first-order valence-electron chi connectivity index (χ1n) is 6.32.